The van der Waals surface area contributed by atoms with Crippen molar-refractivity contribution in [2.24, 2.45) is 0 Å². The van der Waals surface area contributed by atoms with Crippen LogP contribution in [0.4, 0.5) is 11.4 Å². The number of nitrogens with zero attached hydrogens (tertiary/aromatic N) is 2. The molecule has 1 saturated heterocycles. The summed E-state index contributed by atoms with van der Waals surface area (Å²) in [5, 5.41) is 3.19. The fourth-order valence-corrected chi connectivity index (χ4v) is 4.15. The second kappa shape index (κ2) is 9.81. The molecule has 2 rings (SSSR count). The second-order valence-corrected chi connectivity index (χ2v) is 7.05. The predicted molar refractivity (Wildman–Crippen MR) is 99.3 cm³/mol. The Morgan fingerprint density at radius 3 is 2.24 bits per heavy atom. The van der Waals surface area contributed by atoms with E-state index in [2.05, 4.69) is 24.0 Å². The molecule has 0 spiro atoms. The van der Waals surface area contributed by atoms with Crippen LogP contribution >= 0.6 is 0 Å². The molecule has 5 heteroatoms. The van der Waals surface area contributed by atoms with Gasteiger partial charge in [-0.1, -0.05) is 19.1 Å². The van der Waals surface area contributed by atoms with Crippen molar-refractivity contribution in [1.29, 1.82) is 0 Å². The fourth-order valence-electron chi connectivity index (χ4n) is 4.15. The van der Waals surface area contributed by atoms with Crippen molar-refractivity contribution in [2.45, 2.75) is 59.4 Å². The summed E-state index contributed by atoms with van der Waals surface area (Å²) in [5.74, 6) is 0.141. The molecule has 0 aromatic heterocycles. The minimum absolute atomic E-state index is 0. The third kappa shape index (κ3) is 4.91. The number of likely N-dealkylation sites (tertiary alicyclic amines) is 1. The first-order valence-electron chi connectivity index (χ1n) is 9.12. The number of hydrogen-bond donors (Lipinski definition) is 1. The molecule has 1 aromatic carbocycles. The Morgan fingerprint density at radius 1 is 1.24 bits per heavy atom. The second-order valence-electron chi connectivity index (χ2n) is 7.05. The van der Waals surface area contributed by atoms with Crippen molar-refractivity contribution in [2.75, 3.05) is 25.0 Å². The maximum absolute atomic E-state index is 13.1. The molecule has 1 N–H and O–H groups in total. The van der Waals surface area contributed by atoms with Gasteiger partial charge in [-0.2, -0.15) is 0 Å². The van der Waals surface area contributed by atoms with Gasteiger partial charge in [-0.15, -0.1) is 0 Å². The molecule has 1 aliphatic heterocycles. The van der Waals surface area contributed by atoms with Gasteiger partial charge in [0.1, 0.15) is 0 Å². The minimum atomic E-state index is 0. The summed E-state index contributed by atoms with van der Waals surface area (Å²) in [4.78, 5) is 16.6. The maximum atomic E-state index is 13.1. The zero-order chi connectivity index (χ0) is 17.7. The molecule has 1 aliphatic rings. The zero-order valence-corrected chi connectivity index (χ0v) is 18.9. The van der Waals surface area contributed by atoms with E-state index in [1.807, 2.05) is 26.0 Å². The van der Waals surface area contributed by atoms with Crippen LogP contribution in [-0.4, -0.2) is 36.1 Å². The van der Waals surface area contributed by atoms with Crippen LogP contribution in [-0.2, 0) is 37.5 Å². The van der Waals surface area contributed by atoms with Crippen molar-refractivity contribution in [3.05, 3.63) is 34.7 Å². The van der Waals surface area contributed by atoms with Crippen LogP contribution in [0.3, 0.4) is 0 Å². The number of carbonyl (C=O) groups excluding carboxylic acids is 1. The molecular formula is C20H30N3OY+. The molecule has 1 aromatic rings. The smallest absolute Gasteiger partial charge is 0.282 e. The Morgan fingerprint density at radius 2 is 1.80 bits per heavy atom. The Balaban J connectivity index is 0.00000312. The number of carbonyl (C=O) groups is 1. The van der Waals surface area contributed by atoms with E-state index in [1.165, 1.54) is 12.8 Å². The molecule has 1 atom stereocenters. The van der Waals surface area contributed by atoms with E-state index in [1.54, 1.807) is 0 Å². The Labute approximate surface area is 177 Å². The minimum Gasteiger partial charge on any atom is -0.321 e. The maximum Gasteiger partial charge on any atom is 0.282 e. The van der Waals surface area contributed by atoms with Gasteiger partial charge >= 0.3 is 0 Å². The van der Waals surface area contributed by atoms with Crippen molar-refractivity contribution >= 4 is 17.3 Å². The third-order valence-corrected chi connectivity index (χ3v) is 5.51. The van der Waals surface area contributed by atoms with Gasteiger partial charge in [0, 0.05) is 57.7 Å². The Hall–Kier alpha value is -0.756. The van der Waals surface area contributed by atoms with Crippen LogP contribution in [0.1, 0.15) is 50.7 Å². The van der Waals surface area contributed by atoms with E-state index in [-0.39, 0.29) is 44.7 Å². The largest absolute Gasteiger partial charge is 0.321 e. The molecule has 1 fully saturated rings. The van der Waals surface area contributed by atoms with E-state index >= 15 is 0 Å². The monoisotopic (exact) mass is 417 g/mol. The molecule has 0 bridgehead atoms. The van der Waals surface area contributed by atoms with E-state index in [0.29, 0.717) is 5.69 Å². The van der Waals surface area contributed by atoms with E-state index < -0.39 is 0 Å². The van der Waals surface area contributed by atoms with Gasteiger partial charge in [0.15, 0.2) is 11.7 Å². The Bertz CT molecular complexity index is 622. The first-order valence-corrected chi connectivity index (χ1v) is 9.12. The van der Waals surface area contributed by atoms with Gasteiger partial charge in [0.25, 0.3) is 5.91 Å². The molecule has 0 aliphatic carbocycles. The van der Waals surface area contributed by atoms with Gasteiger partial charge < -0.3 is 9.80 Å². The first kappa shape index (κ1) is 22.3. The molecule has 4 nitrogen and oxygen atoms in total. The fraction of sp³-hybridized carbons (Fsp3) is 0.600. The van der Waals surface area contributed by atoms with Crippen LogP contribution in [0.2, 0.25) is 0 Å². The number of likely N-dealkylation sites (N-methyl/N-ethyl adjacent to an activating group) is 1. The van der Waals surface area contributed by atoms with Crippen molar-refractivity contribution in [3.63, 3.8) is 0 Å². The molecule has 133 valence electrons. The third-order valence-electron chi connectivity index (χ3n) is 5.51. The number of anilines is 1. The summed E-state index contributed by atoms with van der Waals surface area (Å²) in [6.45, 7) is 18.7. The SMILES string of the molecule is [C-]#[N+]c1cc(C)c(NC(=O)C(CCC)[N+]2(CC)CCCC2)c(C)c1.[Y]. The quantitative estimate of drug-likeness (QED) is 0.533. The topological polar surface area (TPSA) is 33.5 Å². The standard InChI is InChI=1S/C20H29N3O.Y/c1-6-10-18(23(7-2)11-8-9-12-23)20(24)22-19-15(3)13-17(21-5)14-16(19)4;/h13-14,18H,6-12H2,1-4H3;/p+1. The van der Waals surface area contributed by atoms with E-state index in [9.17, 15) is 4.79 Å². The van der Waals surface area contributed by atoms with Gasteiger partial charge in [-0.05, 0) is 38.3 Å². The van der Waals surface area contributed by atoms with Gasteiger partial charge in [0.05, 0.1) is 26.2 Å². The Kier molecular flexibility index (Phi) is 8.74. The molecule has 1 heterocycles. The average molecular weight is 417 g/mol. The number of hydrogen-bond acceptors (Lipinski definition) is 1. The number of benzene rings is 1. The summed E-state index contributed by atoms with van der Waals surface area (Å²) >= 11 is 0. The zero-order valence-electron chi connectivity index (χ0n) is 16.1. The molecule has 0 saturated carbocycles. The van der Waals surface area contributed by atoms with Gasteiger partial charge in [-0.25, -0.2) is 4.85 Å². The van der Waals surface area contributed by atoms with Gasteiger partial charge in [0.2, 0.25) is 0 Å². The van der Waals surface area contributed by atoms with Crippen LogP contribution in [0, 0.1) is 20.4 Å². The summed E-state index contributed by atoms with van der Waals surface area (Å²) in [6, 6.07) is 3.73. The first-order chi connectivity index (χ1) is 11.5. The van der Waals surface area contributed by atoms with Crippen LogP contribution < -0.4 is 5.32 Å². The van der Waals surface area contributed by atoms with Crippen LogP contribution in [0.5, 0.6) is 0 Å². The molecular weight excluding hydrogens is 387 g/mol. The van der Waals surface area contributed by atoms with Crippen molar-refractivity contribution in [3.8, 4) is 0 Å². The molecule has 1 radical (unpaired) electrons. The summed E-state index contributed by atoms with van der Waals surface area (Å²) in [5.41, 5.74) is 3.44. The van der Waals surface area contributed by atoms with Crippen molar-refractivity contribution < 1.29 is 42.0 Å². The number of rotatable bonds is 6. The number of amides is 1. The van der Waals surface area contributed by atoms with E-state index in [4.69, 9.17) is 6.57 Å². The van der Waals surface area contributed by atoms with Crippen LogP contribution in [0.25, 0.3) is 4.85 Å². The summed E-state index contributed by atoms with van der Waals surface area (Å²) < 4.78 is 0.928. The van der Waals surface area contributed by atoms with Crippen LogP contribution in [0.15, 0.2) is 12.1 Å². The van der Waals surface area contributed by atoms with E-state index in [0.717, 1.165) is 53.8 Å². The molecule has 25 heavy (non-hydrogen) atoms. The molecule has 1 unspecified atom stereocenters. The normalized spacial score (nSPS) is 16.6. The number of nitrogens with one attached hydrogen (secondary N) is 1. The van der Waals surface area contributed by atoms with Gasteiger partial charge in [-0.3, -0.25) is 4.79 Å². The number of quaternary nitrogens is 1. The number of aryl methyl sites for hydroxylation is 2. The predicted octanol–water partition coefficient (Wildman–Crippen LogP) is 4.59. The summed E-state index contributed by atoms with van der Waals surface area (Å²) in [7, 11) is 0. The van der Waals surface area contributed by atoms with Crippen molar-refractivity contribution in [1.82, 2.24) is 0 Å². The summed E-state index contributed by atoms with van der Waals surface area (Å²) in [6.07, 6.45) is 4.39. The average Bonchev–Trinajstić information content (AvgIpc) is 3.05. The molecule has 1 amide bonds.